The maximum absolute atomic E-state index is 3.79. The lowest BCUT2D eigenvalue weighted by Gasteiger charge is -2.45. The summed E-state index contributed by atoms with van der Waals surface area (Å²) in [4.78, 5) is 2.84. The summed E-state index contributed by atoms with van der Waals surface area (Å²) < 4.78 is 0. The Balaban J connectivity index is 1.98. The van der Waals surface area contributed by atoms with Crippen LogP contribution < -0.4 is 5.32 Å². The zero-order valence-electron chi connectivity index (χ0n) is 12.5. The van der Waals surface area contributed by atoms with Crippen LogP contribution in [0.25, 0.3) is 0 Å². The number of nitrogens with one attached hydrogen (secondary N) is 1. The molecule has 106 valence electrons. The zero-order chi connectivity index (χ0) is 13.1. The van der Waals surface area contributed by atoms with Crippen LogP contribution in [-0.2, 0) is 0 Å². The van der Waals surface area contributed by atoms with E-state index in [1.54, 1.807) is 0 Å². The van der Waals surface area contributed by atoms with E-state index >= 15 is 0 Å². The second kappa shape index (κ2) is 6.62. The molecular formula is C15H30N2S. The number of nitrogens with zero attached hydrogens (tertiary/aromatic N) is 1. The molecule has 2 saturated heterocycles. The molecule has 0 aromatic carbocycles. The molecule has 2 rings (SSSR count). The third-order valence-corrected chi connectivity index (χ3v) is 5.52. The molecule has 2 fully saturated rings. The average molecular weight is 270 g/mol. The molecule has 0 saturated carbocycles. The highest BCUT2D eigenvalue weighted by Crippen LogP contribution is 2.28. The van der Waals surface area contributed by atoms with E-state index in [0.29, 0.717) is 6.04 Å². The summed E-state index contributed by atoms with van der Waals surface area (Å²) in [5.74, 6) is 4.30. The molecule has 2 heterocycles. The van der Waals surface area contributed by atoms with E-state index < -0.39 is 0 Å². The number of piperazine rings is 1. The van der Waals surface area contributed by atoms with Gasteiger partial charge in [-0.3, -0.25) is 4.90 Å². The smallest absolute Gasteiger partial charge is 0.0247 e. The SMILES string of the molecule is CC(C)CC1CN(C2CCSC2)C(C(C)C)CN1. The summed E-state index contributed by atoms with van der Waals surface area (Å²) in [7, 11) is 0. The predicted octanol–water partition coefficient (Wildman–Crippen LogP) is 2.84. The fraction of sp³-hybridized carbons (Fsp3) is 1.00. The number of rotatable bonds is 4. The first-order chi connectivity index (χ1) is 8.58. The van der Waals surface area contributed by atoms with Gasteiger partial charge in [-0.2, -0.15) is 11.8 Å². The summed E-state index contributed by atoms with van der Waals surface area (Å²) in [6.45, 7) is 11.9. The van der Waals surface area contributed by atoms with Gasteiger partial charge in [0.25, 0.3) is 0 Å². The highest BCUT2D eigenvalue weighted by molar-refractivity contribution is 7.99. The van der Waals surface area contributed by atoms with Gasteiger partial charge in [0, 0.05) is 37.0 Å². The van der Waals surface area contributed by atoms with Gasteiger partial charge in [0.1, 0.15) is 0 Å². The average Bonchev–Trinajstić information content (AvgIpc) is 2.80. The van der Waals surface area contributed by atoms with Crippen molar-refractivity contribution in [2.75, 3.05) is 24.6 Å². The Morgan fingerprint density at radius 2 is 2.06 bits per heavy atom. The van der Waals surface area contributed by atoms with Gasteiger partial charge in [-0.05, 0) is 30.4 Å². The van der Waals surface area contributed by atoms with E-state index in [9.17, 15) is 0 Å². The first-order valence-electron chi connectivity index (χ1n) is 7.64. The predicted molar refractivity (Wildman–Crippen MR) is 82.3 cm³/mol. The molecule has 0 radical (unpaired) electrons. The van der Waals surface area contributed by atoms with Crippen LogP contribution in [-0.4, -0.2) is 47.6 Å². The lowest BCUT2D eigenvalue weighted by atomic mass is 9.93. The Bertz CT molecular complexity index is 249. The number of thioether (sulfide) groups is 1. The van der Waals surface area contributed by atoms with Crippen molar-refractivity contribution in [3.8, 4) is 0 Å². The van der Waals surface area contributed by atoms with Crippen LogP contribution in [0.4, 0.5) is 0 Å². The fourth-order valence-electron chi connectivity index (χ4n) is 3.41. The van der Waals surface area contributed by atoms with Crippen LogP contribution in [0.3, 0.4) is 0 Å². The van der Waals surface area contributed by atoms with Crippen LogP contribution in [0.15, 0.2) is 0 Å². The summed E-state index contributed by atoms with van der Waals surface area (Å²) >= 11 is 2.14. The Hall–Kier alpha value is 0.270. The van der Waals surface area contributed by atoms with E-state index in [0.717, 1.165) is 23.9 Å². The van der Waals surface area contributed by atoms with Crippen LogP contribution in [0.2, 0.25) is 0 Å². The maximum atomic E-state index is 3.79. The molecular weight excluding hydrogens is 240 g/mol. The zero-order valence-corrected chi connectivity index (χ0v) is 13.3. The molecule has 2 aliphatic heterocycles. The van der Waals surface area contributed by atoms with E-state index in [2.05, 4.69) is 49.7 Å². The van der Waals surface area contributed by atoms with Gasteiger partial charge >= 0.3 is 0 Å². The van der Waals surface area contributed by atoms with Gasteiger partial charge in [0.2, 0.25) is 0 Å². The van der Waals surface area contributed by atoms with Crippen LogP contribution in [0.5, 0.6) is 0 Å². The van der Waals surface area contributed by atoms with Gasteiger partial charge in [-0.25, -0.2) is 0 Å². The Morgan fingerprint density at radius 3 is 2.61 bits per heavy atom. The molecule has 0 spiro atoms. The lowest BCUT2D eigenvalue weighted by Crippen LogP contribution is -2.61. The Morgan fingerprint density at radius 1 is 1.28 bits per heavy atom. The van der Waals surface area contributed by atoms with Crippen molar-refractivity contribution in [2.45, 2.75) is 58.7 Å². The van der Waals surface area contributed by atoms with Crippen molar-refractivity contribution in [1.82, 2.24) is 10.2 Å². The molecule has 18 heavy (non-hydrogen) atoms. The summed E-state index contributed by atoms with van der Waals surface area (Å²) in [6, 6.07) is 2.31. The topological polar surface area (TPSA) is 15.3 Å². The van der Waals surface area contributed by atoms with Gasteiger partial charge in [0.15, 0.2) is 0 Å². The molecule has 0 bridgehead atoms. The van der Waals surface area contributed by atoms with E-state index in [4.69, 9.17) is 0 Å². The summed E-state index contributed by atoms with van der Waals surface area (Å²) in [6.07, 6.45) is 2.73. The second-order valence-corrected chi connectivity index (χ2v) is 7.91. The van der Waals surface area contributed by atoms with Crippen LogP contribution in [0, 0.1) is 11.8 Å². The van der Waals surface area contributed by atoms with Gasteiger partial charge in [0.05, 0.1) is 0 Å². The molecule has 1 N–H and O–H groups in total. The van der Waals surface area contributed by atoms with Crippen LogP contribution in [0.1, 0.15) is 40.5 Å². The van der Waals surface area contributed by atoms with E-state index in [-0.39, 0.29) is 0 Å². The van der Waals surface area contributed by atoms with Gasteiger partial charge in [-0.15, -0.1) is 0 Å². The molecule has 3 atom stereocenters. The first-order valence-corrected chi connectivity index (χ1v) is 8.80. The molecule has 3 heteroatoms. The van der Waals surface area contributed by atoms with Gasteiger partial charge in [-0.1, -0.05) is 27.7 Å². The molecule has 0 aromatic heterocycles. The second-order valence-electron chi connectivity index (χ2n) is 6.76. The number of hydrogen-bond donors (Lipinski definition) is 1. The van der Waals surface area contributed by atoms with Crippen molar-refractivity contribution in [3.63, 3.8) is 0 Å². The quantitative estimate of drug-likeness (QED) is 0.846. The van der Waals surface area contributed by atoms with E-state index in [1.165, 1.54) is 37.4 Å². The standard InChI is InChI=1S/C15H30N2S/c1-11(2)7-13-9-17(14-5-6-18-10-14)15(8-16-13)12(3)4/h11-16H,5-10H2,1-4H3. The highest BCUT2D eigenvalue weighted by Gasteiger charge is 2.35. The van der Waals surface area contributed by atoms with Gasteiger partial charge < -0.3 is 5.32 Å². The largest absolute Gasteiger partial charge is 0.311 e. The van der Waals surface area contributed by atoms with E-state index in [1.807, 2.05) is 0 Å². The van der Waals surface area contributed by atoms with Crippen molar-refractivity contribution < 1.29 is 0 Å². The molecule has 0 aliphatic carbocycles. The van der Waals surface area contributed by atoms with Crippen molar-refractivity contribution in [2.24, 2.45) is 11.8 Å². The minimum Gasteiger partial charge on any atom is -0.311 e. The monoisotopic (exact) mass is 270 g/mol. The summed E-state index contributed by atoms with van der Waals surface area (Å²) in [5.41, 5.74) is 0. The first kappa shape index (κ1) is 14.7. The lowest BCUT2D eigenvalue weighted by molar-refractivity contribution is 0.0603. The fourth-order valence-corrected chi connectivity index (χ4v) is 4.64. The third kappa shape index (κ3) is 3.64. The number of hydrogen-bond acceptors (Lipinski definition) is 3. The maximum Gasteiger partial charge on any atom is 0.0247 e. The van der Waals surface area contributed by atoms with Crippen molar-refractivity contribution in [1.29, 1.82) is 0 Å². The minimum atomic E-state index is 0.714. The Labute approximate surface area is 117 Å². The molecule has 2 nitrogen and oxygen atoms in total. The highest BCUT2D eigenvalue weighted by atomic mass is 32.2. The summed E-state index contributed by atoms with van der Waals surface area (Å²) in [5, 5.41) is 3.79. The minimum absolute atomic E-state index is 0.714. The van der Waals surface area contributed by atoms with Crippen molar-refractivity contribution in [3.05, 3.63) is 0 Å². The third-order valence-electron chi connectivity index (χ3n) is 4.37. The molecule has 2 aliphatic rings. The normalized spacial score (nSPS) is 34.7. The molecule has 3 unspecified atom stereocenters. The molecule has 0 amide bonds. The van der Waals surface area contributed by atoms with Crippen molar-refractivity contribution >= 4 is 11.8 Å². The van der Waals surface area contributed by atoms with Crippen LogP contribution >= 0.6 is 11.8 Å². The Kier molecular flexibility index (Phi) is 5.40. The molecule has 0 aromatic rings.